The highest BCUT2D eigenvalue weighted by Gasteiger charge is 2.05. The molecule has 0 aromatic rings. The van der Waals surface area contributed by atoms with Crippen LogP contribution in [0.4, 0.5) is 0 Å². The zero-order valence-electron chi connectivity index (χ0n) is 8.54. The van der Waals surface area contributed by atoms with Crippen LogP contribution in [0.5, 0.6) is 0 Å². The summed E-state index contributed by atoms with van der Waals surface area (Å²) >= 11 is 0. The van der Waals surface area contributed by atoms with Crippen LogP contribution in [-0.4, -0.2) is 20.3 Å². The first-order chi connectivity index (χ1) is 6.79. The Balaban J connectivity index is 4.11. The molecule has 0 rings (SSSR count). The highest BCUT2D eigenvalue weighted by atomic mass is 16.5. The van der Waals surface area contributed by atoms with Crippen LogP contribution in [0.2, 0.25) is 0 Å². The van der Waals surface area contributed by atoms with Crippen LogP contribution in [0.3, 0.4) is 0 Å². The monoisotopic (exact) mass is 194 g/mol. The van der Waals surface area contributed by atoms with Crippen molar-refractivity contribution in [2.75, 3.05) is 20.3 Å². The lowest BCUT2D eigenvalue weighted by atomic mass is 10.3. The van der Waals surface area contributed by atoms with Gasteiger partial charge < -0.3 is 9.47 Å². The molecule has 0 aromatic carbocycles. The highest BCUT2D eigenvalue weighted by molar-refractivity contribution is 5.38. The molecule has 0 amide bonds. The smallest absolute Gasteiger partial charge is 0.169 e. The second-order valence-corrected chi connectivity index (χ2v) is 2.63. The lowest BCUT2D eigenvalue weighted by molar-refractivity contribution is 0.111. The summed E-state index contributed by atoms with van der Waals surface area (Å²) in [6, 6.07) is 3.51. The van der Waals surface area contributed by atoms with Gasteiger partial charge in [-0.2, -0.15) is 10.5 Å². The molecule has 0 spiro atoms. The average molecular weight is 194 g/mol. The van der Waals surface area contributed by atoms with E-state index >= 15 is 0 Å². The first kappa shape index (κ1) is 12.5. The number of allylic oxidation sites excluding steroid dienone is 1. The van der Waals surface area contributed by atoms with Gasteiger partial charge in [-0.3, -0.25) is 0 Å². The van der Waals surface area contributed by atoms with Crippen molar-refractivity contribution in [3.63, 3.8) is 0 Å². The maximum atomic E-state index is 8.56. The number of rotatable bonds is 6. The predicted octanol–water partition coefficient (Wildman–Crippen LogP) is 1.75. The topological polar surface area (TPSA) is 66.0 Å². The van der Waals surface area contributed by atoms with Gasteiger partial charge in [0, 0.05) is 6.61 Å². The zero-order valence-corrected chi connectivity index (χ0v) is 8.54. The van der Waals surface area contributed by atoms with E-state index in [9.17, 15) is 0 Å². The Hall–Kier alpha value is -1.52. The molecule has 0 radical (unpaired) electrons. The summed E-state index contributed by atoms with van der Waals surface area (Å²) in [6.45, 7) is 2.87. The van der Waals surface area contributed by atoms with Crippen LogP contribution >= 0.6 is 0 Å². The maximum Gasteiger partial charge on any atom is 0.169 e. The van der Waals surface area contributed by atoms with E-state index in [1.807, 2.05) is 0 Å². The standard InChI is InChI=1S/C10H14N2O2/c1-3-4-5-14-8-10(13-2)9(6-11)7-12/h3-5,8H2,1-2H3. The van der Waals surface area contributed by atoms with Gasteiger partial charge in [0.1, 0.15) is 24.5 Å². The Kier molecular flexibility index (Phi) is 7.22. The fraction of sp³-hybridized carbons (Fsp3) is 0.600. The van der Waals surface area contributed by atoms with Gasteiger partial charge in [0.2, 0.25) is 0 Å². The number of ether oxygens (including phenoxy) is 2. The van der Waals surface area contributed by atoms with Crippen LogP contribution in [-0.2, 0) is 9.47 Å². The van der Waals surface area contributed by atoms with Gasteiger partial charge in [-0.15, -0.1) is 0 Å². The lowest BCUT2D eigenvalue weighted by Crippen LogP contribution is -2.04. The minimum Gasteiger partial charge on any atom is -0.496 e. The molecule has 0 saturated heterocycles. The molecule has 0 aliphatic carbocycles. The number of unbranched alkanes of at least 4 members (excludes halogenated alkanes) is 1. The van der Waals surface area contributed by atoms with Gasteiger partial charge >= 0.3 is 0 Å². The van der Waals surface area contributed by atoms with Gasteiger partial charge in [0.15, 0.2) is 5.57 Å². The number of methoxy groups -OCH3 is 1. The third kappa shape index (κ3) is 4.49. The van der Waals surface area contributed by atoms with Crippen molar-refractivity contribution in [2.45, 2.75) is 19.8 Å². The molecule has 4 heteroatoms. The van der Waals surface area contributed by atoms with E-state index in [1.54, 1.807) is 12.1 Å². The summed E-state index contributed by atoms with van der Waals surface area (Å²) < 4.78 is 10.1. The summed E-state index contributed by atoms with van der Waals surface area (Å²) in [5, 5.41) is 17.1. The van der Waals surface area contributed by atoms with Crippen LogP contribution in [0.1, 0.15) is 19.8 Å². The van der Waals surface area contributed by atoms with E-state index in [2.05, 4.69) is 6.92 Å². The van der Waals surface area contributed by atoms with Crippen molar-refractivity contribution in [1.82, 2.24) is 0 Å². The third-order valence-electron chi connectivity index (χ3n) is 1.62. The fourth-order valence-electron chi connectivity index (χ4n) is 0.794. The Morgan fingerprint density at radius 1 is 1.29 bits per heavy atom. The molecule has 0 atom stereocenters. The van der Waals surface area contributed by atoms with Crippen molar-refractivity contribution in [2.24, 2.45) is 0 Å². The summed E-state index contributed by atoms with van der Waals surface area (Å²) in [7, 11) is 1.42. The fourth-order valence-corrected chi connectivity index (χ4v) is 0.794. The molecule has 76 valence electrons. The van der Waals surface area contributed by atoms with Crippen LogP contribution < -0.4 is 0 Å². The van der Waals surface area contributed by atoms with Gasteiger partial charge in [-0.05, 0) is 6.42 Å². The first-order valence-corrected chi connectivity index (χ1v) is 4.45. The summed E-state index contributed by atoms with van der Waals surface area (Å²) in [5.41, 5.74) is -0.0241. The molecule has 0 bridgehead atoms. The molecule has 14 heavy (non-hydrogen) atoms. The third-order valence-corrected chi connectivity index (χ3v) is 1.62. The maximum absolute atomic E-state index is 8.56. The van der Waals surface area contributed by atoms with Crippen molar-refractivity contribution in [3.05, 3.63) is 11.3 Å². The molecule has 0 fully saturated rings. The van der Waals surface area contributed by atoms with E-state index in [-0.39, 0.29) is 12.2 Å². The second kappa shape index (κ2) is 8.10. The molecule has 0 aliphatic heterocycles. The quantitative estimate of drug-likeness (QED) is 0.367. The van der Waals surface area contributed by atoms with Crippen molar-refractivity contribution in [3.8, 4) is 12.1 Å². The van der Waals surface area contributed by atoms with Gasteiger partial charge in [0.05, 0.1) is 7.11 Å². The van der Waals surface area contributed by atoms with E-state index < -0.39 is 0 Å². The first-order valence-electron chi connectivity index (χ1n) is 4.45. The van der Waals surface area contributed by atoms with E-state index in [4.69, 9.17) is 20.0 Å². The van der Waals surface area contributed by atoms with Gasteiger partial charge in [-0.25, -0.2) is 0 Å². The van der Waals surface area contributed by atoms with Crippen LogP contribution in [0.15, 0.2) is 11.3 Å². The van der Waals surface area contributed by atoms with Gasteiger partial charge in [0.25, 0.3) is 0 Å². The second-order valence-electron chi connectivity index (χ2n) is 2.63. The molecule has 0 unspecified atom stereocenters. The zero-order chi connectivity index (χ0) is 10.8. The predicted molar refractivity (Wildman–Crippen MR) is 51.0 cm³/mol. The molecule has 0 saturated carbocycles. The van der Waals surface area contributed by atoms with Gasteiger partial charge in [-0.1, -0.05) is 13.3 Å². The molecule has 0 aromatic heterocycles. The number of hydrogen-bond acceptors (Lipinski definition) is 4. The summed E-state index contributed by atoms with van der Waals surface area (Å²) in [6.07, 6.45) is 2.01. The minimum atomic E-state index is -0.0241. The Morgan fingerprint density at radius 2 is 1.93 bits per heavy atom. The van der Waals surface area contributed by atoms with Crippen molar-refractivity contribution in [1.29, 1.82) is 10.5 Å². The average Bonchev–Trinajstić information content (AvgIpc) is 2.23. The number of nitrogens with zero attached hydrogens (tertiary/aromatic N) is 2. The van der Waals surface area contributed by atoms with Crippen molar-refractivity contribution >= 4 is 0 Å². The van der Waals surface area contributed by atoms with E-state index in [0.29, 0.717) is 12.4 Å². The molecular weight excluding hydrogens is 180 g/mol. The SMILES string of the molecule is CCCCOCC(OC)=C(C#N)C#N. The minimum absolute atomic E-state index is 0.0241. The highest BCUT2D eigenvalue weighted by Crippen LogP contribution is 2.04. The number of hydrogen-bond donors (Lipinski definition) is 0. The van der Waals surface area contributed by atoms with E-state index in [1.165, 1.54) is 7.11 Å². The Bertz CT molecular complexity index is 255. The van der Waals surface area contributed by atoms with Crippen LogP contribution in [0.25, 0.3) is 0 Å². The molecule has 0 aliphatic rings. The molecule has 0 N–H and O–H groups in total. The molecule has 4 nitrogen and oxygen atoms in total. The largest absolute Gasteiger partial charge is 0.496 e. The van der Waals surface area contributed by atoms with E-state index in [0.717, 1.165) is 12.8 Å². The summed E-state index contributed by atoms with van der Waals surface area (Å²) in [5.74, 6) is 0.297. The van der Waals surface area contributed by atoms with Crippen LogP contribution in [0, 0.1) is 22.7 Å². The molecular formula is C10H14N2O2. The Labute approximate surface area is 84.3 Å². The normalized spacial score (nSPS) is 8.57. The number of nitriles is 2. The molecule has 0 heterocycles. The summed E-state index contributed by atoms with van der Waals surface area (Å²) in [4.78, 5) is 0. The van der Waals surface area contributed by atoms with Crippen molar-refractivity contribution < 1.29 is 9.47 Å². The lowest BCUT2D eigenvalue weighted by Gasteiger charge is -2.06. The Morgan fingerprint density at radius 3 is 2.36 bits per heavy atom.